The molecule has 2 aromatic rings. The van der Waals surface area contributed by atoms with Crippen LogP contribution in [0.1, 0.15) is 5.56 Å². The number of benzene rings is 2. The number of hydrogen-bond donors (Lipinski definition) is 1. The third-order valence-electron chi connectivity index (χ3n) is 2.53. The molecule has 0 amide bonds. The summed E-state index contributed by atoms with van der Waals surface area (Å²) in [5, 5.41) is 3.09. The first kappa shape index (κ1) is 13.8. The zero-order valence-electron chi connectivity index (χ0n) is 10.2. The molecule has 2 aromatic carbocycles. The molecule has 0 aliphatic heterocycles. The second kappa shape index (κ2) is 6.02. The molecule has 0 spiro atoms. The molecule has 100 valence electrons. The molecule has 0 atom stereocenters. The Balaban J connectivity index is 2.11. The summed E-state index contributed by atoms with van der Waals surface area (Å²) < 4.78 is 32.1. The minimum absolute atomic E-state index is 0.328. The van der Waals surface area contributed by atoms with Crippen molar-refractivity contribution in [2.75, 3.05) is 12.4 Å². The van der Waals surface area contributed by atoms with Crippen molar-refractivity contribution >= 4 is 21.6 Å². The lowest BCUT2D eigenvalue weighted by atomic mass is 10.2. The lowest BCUT2D eigenvalue weighted by molar-refractivity contribution is 0.414. The van der Waals surface area contributed by atoms with E-state index in [2.05, 4.69) is 21.2 Å². The maximum atomic E-state index is 13.0. The highest BCUT2D eigenvalue weighted by atomic mass is 79.9. The van der Waals surface area contributed by atoms with Crippen molar-refractivity contribution in [3.63, 3.8) is 0 Å². The first-order chi connectivity index (χ1) is 9.06. The molecule has 0 radical (unpaired) electrons. The van der Waals surface area contributed by atoms with Crippen molar-refractivity contribution in [2.24, 2.45) is 0 Å². The molecule has 0 fully saturated rings. The van der Waals surface area contributed by atoms with Gasteiger partial charge in [0, 0.05) is 28.8 Å². The highest BCUT2D eigenvalue weighted by molar-refractivity contribution is 9.10. The Morgan fingerprint density at radius 2 is 1.74 bits per heavy atom. The summed E-state index contributed by atoms with van der Waals surface area (Å²) in [6.07, 6.45) is 0. The first-order valence-electron chi connectivity index (χ1n) is 5.60. The summed E-state index contributed by atoms with van der Waals surface area (Å²) in [6, 6.07) is 8.94. The van der Waals surface area contributed by atoms with Gasteiger partial charge in [-0.05, 0) is 29.8 Å². The van der Waals surface area contributed by atoms with Crippen molar-refractivity contribution in [1.29, 1.82) is 0 Å². The lowest BCUT2D eigenvalue weighted by Gasteiger charge is -2.09. The van der Waals surface area contributed by atoms with Gasteiger partial charge in [-0.2, -0.15) is 0 Å². The first-order valence-corrected chi connectivity index (χ1v) is 6.39. The van der Waals surface area contributed by atoms with E-state index in [4.69, 9.17) is 4.74 Å². The average Bonchev–Trinajstić information content (AvgIpc) is 2.34. The number of hydrogen-bond acceptors (Lipinski definition) is 2. The Hall–Kier alpha value is -1.62. The quantitative estimate of drug-likeness (QED) is 0.901. The Morgan fingerprint density at radius 1 is 1.05 bits per heavy atom. The third kappa shape index (κ3) is 3.92. The van der Waals surface area contributed by atoms with Gasteiger partial charge in [-0.15, -0.1) is 0 Å². The molecule has 0 saturated carbocycles. The Morgan fingerprint density at radius 3 is 2.37 bits per heavy atom. The van der Waals surface area contributed by atoms with Gasteiger partial charge in [-0.1, -0.05) is 15.9 Å². The topological polar surface area (TPSA) is 21.3 Å². The molecule has 0 bridgehead atoms. The van der Waals surface area contributed by atoms with Gasteiger partial charge in [0.05, 0.1) is 7.11 Å². The van der Waals surface area contributed by atoms with E-state index in [-0.39, 0.29) is 0 Å². The van der Waals surface area contributed by atoms with Gasteiger partial charge in [-0.25, -0.2) is 8.78 Å². The van der Waals surface area contributed by atoms with Crippen molar-refractivity contribution in [3.05, 3.63) is 58.1 Å². The van der Waals surface area contributed by atoms with Gasteiger partial charge in [0.2, 0.25) is 0 Å². The highest BCUT2D eigenvalue weighted by Gasteiger charge is 2.02. The standard InChI is InChI=1S/C14H12BrF2NO/c1-19-14-5-10(15)4-13(7-14)18-8-9-2-11(16)6-12(17)3-9/h2-7,18H,8H2,1H3. The van der Waals surface area contributed by atoms with Gasteiger partial charge in [-0.3, -0.25) is 0 Å². The van der Waals surface area contributed by atoms with Crippen LogP contribution in [0.25, 0.3) is 0 Å². The molecular weight excluding hydrogens is 316 g/mol. The largest absolute Gasteiger partial charge is 0.497 e. The van der Waals surface area contributed by atoms with Crippen LogP contribution in [0, 0.1) is 11.6 Å². The molecule has 2 rings (SSSR count). The van der Waals surface area contributed by atoms with E-state index in [0.717, 1.165) is 16.2 Å². The van der Waals surface area contributed by atoms with Gasteiger partial charge in [0.15, 0.2) is 0 Å². The van der Waals surface area contributed by atoms with Crippen LogP contribution in [0.15, 0.2) is 40.9 Å². The highest BCUT2D eigenvalue weighted by Crippen LogP contribution is 2.25. The molecule has 0 aliphatic rings. The zero-order valence-corrected chi connectivity index (χ0v) is 11.8. The molecule has 0 aliphatic carbocycles. The van der Waals surface area contributed by atoms with E-state index >= 15 is 0 Å². The average molecular weight is 328 g/mol. The van der Waals surface area contributed by atoms with Gasteiger partial charge in [0.25, 0.3) is 0 Å². The maximum absolute atomic E-state index is 13.0. The van der Waals surface area contributed by atoms with Gasteiger partial charge in [0.1, 0.15) is 17.4 Å². The van der Waals surface area contributed by atoms with Gasteiger partial charge < -0.3 is 10.1 Å². The number of halogens is 3. The summed E-state index contributed by atoms with van der Waals surface area (Å²) in [6.45, 7) is 0.328. The molecule has 19 heavy (non-hydrogen) atoms. The van der Waals surface area contributed by atoms with Crippen molar-refractivity contribution in [3.8, 4) is 5.75 Å². The van der Waals surface area contributed by atoms with Crippen molar-refractivity contribution in [1.82, 2.24) is 0 Å². The zero-order chi connectivity index (χ0) is 13.8. The fourth-order valence-electron chi connectivity index (χ4n) is 1.70. The number of rotatable bonds is 4. The van der Waals surface area contributed by atoms with Crippen molar-refractivity contribution in [2.45, 2.75) is 6.54 Å². The lowest BCUT2D eigenvalue weighted by Crippen LogP contribution is -2.01. The summed E-state index contributed by atoms with van der Waals surface area (Å²) in [7, 11) is 1.58. The fourth-order valence-corrected chi connectivity index (χ4v) is 2.17. The van der Waals surface area contributed by atoms with Crippen LogP contribution in [-0.4, -0.2) is 7.11 Å². The minimum atomic E-state index is -0.580. The Bertz CT molecular complexity index is 569. The van der Waals surface area contributed by atoms with Crippen LogP contribution in [0.2, 0.25) is 0 Å². The molecule has 5 heteroatoms. The predicted molar refractivity (Wildman–Crippen MR) is 74.4 cm³/mol. The predicted octanol–water partition coefficient (Wildman–Crippen LogP) is 4.35. The van der Waals surface area contributed by atoms with Crippen LogP contribution in [0.3, 0.4) is 0 Å². The van der Waals surface area contributed by atoms with Crippen LogP contribution in [-0.2, 0) is 6.54 Å². The Labute approximate surface area is 118 Å². The Kier molecular flexibility index (Phi) is 4.37. The molecule has 0 saturated heterocycles. The normalized spacial score (nSPS) is 10.3. The van der Waals surface area contributed by atoms with E-state index in [1.165, 1.54) is 12.1 Å². The number of nitrogens with one attached hydrogen (secondary N) is 1. The fraction of sp³-hybridized carbons (Fsp3) is 0.143. The van der Waals surface area contributed by atoms with E-state index < -0.39 is 11.6 Å². The summed E-state index contributed by atoms with van der Waals surface area (Å²) in [5.74, 6) is -0.463. The number of ether oxygens (including phenoxy) is 1. The van der Waals surface area contributed by atoms with Crippen LogP contribution in [0.5, 0.6) is 5.75 Å². The maximum Gasteiger partial charge on any atom is 0.126 e. The summed E-state index contributed by atoms with van der Waals surface area (Å²) >= 11 is 3.36. The molecule has 0 unspecified atom stereocenters. The van der Waals surface area contributed by atoms with E-state index in [9.17, 15) is 8.78 Å². The minimum Gasteiger partial charge on any atom is -0.497 e. The third-order valence-corrected chi connectivity index (χ3v) is 2.98. The molecule has 0 heterocycles. The van der Waals surface area contributed by atoms with Crippen LogP contribution < -0.4 is 10.1 Å². The molecular formula is C14H12BrF2NO. The second-order valence-electron chi connectivity index (χ2n) is 4.01. The van der Waals surface area contributed by atoms with E-state index in [1.54, 1.807) is 13.2 Å². The van der Waals surface area contributed by atoms with Crippen LogP contribution in [0.4, 0.5) is 14.5 Å². The number of anilines is 1. The molecule has 0 aromatic heterocycles. The SMILES string of the molecule is COc1cc(Br)cc(NCc2cc(F)cc(F)c2)c1. The monoisotopic (exact) mass is 327 g/mol. The van der Waals surface area contributed by atoms with E-state index in [1.807, 2.05) is 12.1 Å². The second-order valence-corrected chi connectivity index (χ2v) is 4.93. The van der Waals surface area contributed by atoms with Gasteiger partial charge >= 0.3 is 0 Å². The smallest absolute Gasteiger partial charge is 0.126 e. The van der Waals surface area contributed by atoms with Crippen LogP contribution >= 0.6 is 15.9 Å². The number of methoxy groups -OCH3 is 1. The molecule has 1 N–H and O–H groups in total. The van der Waals surface area contributed by atoms with Crippen molar-refractivity contribution < 1.29 is 13.5 Å². The van der Waals surface area contributed by atoms with E-state index in [0.29, 0.717) is 17.9 Å². The summed E-state index contributed by atoms with van der Waals surface area (Å²) in [4.78, 5) is 0. The molecule has 2 nitrogen and oxygen atoms in total. The summed E-state index contributed by atoms with van der Waals surface area (Å²) in [5.41, 5.74) is 1.34.